The summed E-state index contributed by atoms with van der Waals surface area (Å²) in [6.45, 7) is 19.4. The van der Waals surface area contributed by atoms with Gasteiger partial charge in [0.1, 0.15) is 17.2 Å². The van der Waals surface area contributed by atoms with Crippen molar-refractivity contribution in [2.45, 2.75) is 404 Å². The van der Waals surface area contributed by atoms with Crippen LogP contribution in [0.2, 0.25) is 0 Å². The molecule has 2 unspecified atom stereocenters. The molecule has 5 saturated carbocycles. The monoisotopic (exact) mass is 1590 g/mol. The molecule has 0 radical (unpaired) electrons. The van der Waals surface area contributed by atoms with Crippen molar-refractivity contribution in [3.05, 3.63) is 202 Å². The Morgan fingerprint density at radius 2 is 0.750 bits per heavy atom. The highest BCUT2D eigenvalue weighted by Crippen LogP contribution is 2.37. The van der Waals surface area contributed by atoms with E-state index in [0.717, 1.165) is 235 Å². The third-order valence-corrected chi connectivity index (χ3v) is 24.6. The minimum atomic E-state index is -0.496. The van der Waals surface area contributed by atoms with Crippen LogP contribution in [0, 0.1) is 17.8 Å². The van der Waals surface area contributed by atoms with E-state index in [-0.39, 0.29) is 6.10 Å². The largest absolute Gasteiger partial charge is 0.494 e. The number of hydrogen-bond acceptors (Lipinski definition) is 9. The molecule has 5 aliphatic carbocycles. The van der Waals surface area contributed by atoms with Crippen molar-refractivity contribution < 1.29 is 44.8 Å². The Hall–Kier alpha value is -6.22. The molecule has 0 aliphatic heterocycles. The summed E-state index contributed by atoms with van der Waals surface area (Å²) in [5.74, 6) is 9.66. The van der Waals surface area contributed by atoms with Gasteiger partial charge in [-0.05, 0) is 292 Å². The quantitative estimate of drug-likeness (QED) is 0.0167. The smallest absolute Gasteiger partial charge is 0.119 e. The molecule has 116 heavy (non-hydrogen) atoms. The van der Waals surface area contributed by atoms with Crippen LogP contribution in [0.4, 0.5) is 0 Å². The van der Waals surface area contributed by atoms with Crippen LogP contribution in [0.1, 0.15) is 375 Å². The molecular formula is C107H162O9. The number of ether oxygens (including phenoxy) is 3. The SMILES string of the molecule is CC/C=C/c1cccc(CCC2(O)CCCCC2)c1.CCC#Cc1cccc(CCC2(O)CCCCC2)c1.CCCCc1cccc(CCC2CCCCC2O)c1.CCCOc1cccc(CCC(O)(CCC)CCC)c1.CCCOc1cccc(CCC2(O)CCCCC2)c1.CCCOc1cccc(CCC2(O)CCCCCC2)c1. The molecule has 6 aromatic carbocycles. The number of unbranched alkanes of at least 4 members (excludes halogenated alkanes) is 1. The number of aliphatic hydroxyl groups is 6. The van der Waals surface area contributed by atoms with Gasteiger partial charge in [-0.2, -0.15) is 0 Å². The first-order valence-electron chi connectivity index (χ1n) is 47.2. The Morgan fingerprint density at radius 1 is 0.379 bits per heavy atom. The van der Waals surface area contributed by atoms with Crippen molar-refractivity contribution in [2.75, 3.05) is 19.8 Å². The molecular weight excluding hydrogens is 1430 g/mol. The Morgan fingerprint density at radius 3 is 1.16 bits per heavy atom. The Bertz CT molecular complexity index is 3540. The number of aryl methyl sites for hydroxylation is 7. The first-order chi connectivity index (χ1) is 56.3. The summed E-state index contributed by atoms with van der Waals surface area (Å²) in [5, 5.41) is 62.9. The molecule has 2 atom stereocenters. The van der Waals surface area contributed by atoms with Crippen molar-refractivity contribution in [3.63, 3.8) is 0 Å². The lowest BCUT2D eigenvalue weighted by atomic mass is 9.81. The van der Waals surface area contributed by atoms with Crippen LogP contribution >= 0.6 is 0 Å². The number of aliphatic hydroxyl groups excluding tert-OH is 1. The average molecular weight is 1590 g/mol. The summed E-state index contributed by atoms with van der Waals surface area (Å²) in [6, 6.07) is 51.1. The van der Waals surface area contributed by atoms with E-state index in [1.54, 1.807) is 0 Å². The van der Waals surface area contributed by atoms with E-state index in [9.17, 15) is 30.6 Å². The summed E-state index contributed by atoms with van der Waals surface area (Å²) in [6.07, 6.45) is 56.8. The Kier molecular flexibility index (Phi) is 48.5. The van der Waals surface area contributed by atoms with Gasteiger partial charge in [-0.25, -0.2) is 0 Å². The van der Waals surface area contributed by atoms with Gasteiger partial charge in [0.05, 0.1) is 53.9 Å². The van der Waals surface area contributed by atoms with Crippen molar-refractivity contribution in [1.29, 1.82) is 0 Å². The zero-order valence-electron chi connectivity index (χ0n) is 74.3. The van der Waals surface area contributed by atoms with Gasteiger partial charge in [0.15, 0.2) is 0 Å². The molecule has 0 aromatic heterocycles. The van der Waals surface area contributed by atoms with E-state index in [4.69, 9.17) is 14.2 Å². The van der Waals surface area contributed by atoms with Gasteiger partial charge in [0.25, 0.3) is 0 Å². The Labute approximate surface area is 707 Å². The van der Waals surface area contributed by atoms with Gasteiger partial charge in [0, 0.05) is 12.0 Å². The van der Waals surface area contributed by atoms with Crippen molar-refractivity contribution in [3.8, 4) is 29.1 Å². The number of rotatable bonds is 36. The van der Waals surface area contributed by atoms with Crippen LogP contribution in [-0.4, -0.2) is 84.6 Å². The molecule has 0 bridgehead atoms. The van der Waals surface area contributed by atoms with E-state index >= 15 is 0 Å². The highest BCUT2D eigenvalue weighted by atomic mass is 16.5. The normalized spacial score (nSPS) is 18.0. The van der Waals surface area contributed by atoms with E-state index in [1.807, 2.05) is 30.3 Å². The molecule has 0 amide bonds. The van der Waals surface area contributed by atoms with Gasteiger partial charge in [-0.3, -0.25) is 0 Å². The highest BCUT2D eigenvalue weighted by molar-refractivity contribution is 5.50. The molecule has 5 fully saturated rings. The topological polar surface area (TPSA) is 149 Å². The number of benzene rings is 6. The summed E-state index contributed by atoms with van der Waals surface area (Å²) in [5.41, 5.74) is 9.57. The fourth-order valence-electron chi connectivity index (χ4n) is 17.5. The second-order valence-corrected chi connectivity index (χ2v) is 35.2. The maximum Gasteiger partial charge on any atom is 0.119 e. The molecule has 6 N–H and O–H groups in total. The maximum atomic E-state index is 10.7. The first kappa shape index (κ1) is 98.6. The van der Waals surface area contributed by atoms with Crippen LogP contribution in [0.3, 0.4) is 0 Å². The third-order valence-electron chi connectivity index (χ3n) is 24.6. The van der Waals surface area contributed by atoms with Crippen molar-refractivity contribution in [2.24, 2.45) is 5.92 Å². The lowest BCUT2D eigenvalue weighted by Crippen LogP contribution is -2.31. The first-order valence-corrected chi connectivity index (χ1v) is 47.2. The van der Waals surface area contributed by atoms with E-state index in [2.05, 4.69) is 195 Å². The summed E-state index contributed by atoms with van der Waals surface area (Å²) < 4.78 is 17.0. The van der Waals surface area contributed by atoms with Gasteiger partial charge in [-0.1, -0.05) is 292 Å². The van der Waals surface area contributed by atoms with E-state index in [0.29, 0.717) is 5.92 Å². The summed E-state index contributed by atoms with van der Waals surface area (Å²) in [7, 11) is 0. The third kappa shape index (κ3) is 41.2. The molecule has 11 rings (SSSR count). The minimum absolute atomic E-state index is 0.0444. The average Bonchev–Trinajstić information content (AvgIpc) is 1.26. The molecule has 6 aromatic rings. The standard InChI is InChI=1S/C18H28O2.C18H30O2.C18H28O.C18H26O.C18H24O.C17H26O2/c1-2-14-20-17-9-7-8-16(15-17)10-13-18(19)11-5-3-4-6-12-18;1-4-11-18(19,12-5-2)13-10-16-8-7-9-17(15-16)20-14-6-3;1-2-3-7-15-8-6-9-16(14-15)12-13-17-10-4-5-11-18(17)19;2*1-2-3-8-16-9-7-10-17(15-16)11-14-18(19)12-5-4-6-13-18;1-2-13-19-16-8-6-7-15(14-16)9-12-17(18)10-4-3-5-11-17/h7-9,15,19H,2-6,10-14H2,1H3;7-9,15,19H,4-6,10-14H2,1-3H3;6,8-9,14,17-19H,2-5,7,10-13H2,1H3;3,7-10,15,19H,2,4-6,11-14H2,1H3;7,9-10,15,19H,2,4-6,11-14H2,1H3;6-8,14,18H,2-5,9-13H2,1H3/b;;;8-3+;;. The zero-order valence-corrected chi connectivity index (χ0v) is 74.3. The van der Waals surface area contributed by atoms with E-state index in [1.165, 1.54) is 167 Å². The highest BCUT2D eigenvalue weighted by Gasteiger charge is 2.32. The van der Waals surface area contributed by atoms with Crippen LogP contribution in [0.25, 0.3) is 6.08 Å². The van der Waals surface area contributed by atoms with Gasteiger partial charge in [0.2, 0.25) is 0 Å². The van der Waals surface area contributed by atoms with Crippen LogP contribution in [-0.2, 0) is 44.9 Å². The molecule has 0 saturated heterocycles. The second-order valence-electron chi connectivity index (χ2n) is 35.2. The predicted octanol–water partition coefficient (Wildman–Crippen LogP) is 26.7. The predicted molar refractivity (Wildman–Crippen MR) is 491 cm³/mol. The van der Waals surface area contributed by atoms with Crippen LogP contribution in [0.5, 0.6) is 17.2 Å². The molecule has 0 spiro atoms. The molecule has 9 heteroatoms. The van der Waals surface area contributed by atoms with E-state index < -0.39 is 28.0 Å². The molecule has 5 aliphatic rings. The van der Waals surface area contributed by atoms with Crippen LogP contribution < -0.4 is 14.2 Å². The molecule has 0 heterocycles. The molecule has 9 nitrogen and oxygen atoms in total. The number of allylic oxidation sites excluding steroid dienone is 1. The Balaban J connectivity index is 0.000000216. The lowest BCUT2D eigenvalue weighted by Gasteiger charge is -2.32. The van der Waals surface area contributed by atoms with Crippen molar-refractivity contribution >= 4 is 6.08 Å². The summed E-state index contributed by atoms with van der Waals surface area (Å²) >= 11 is 0. The van der Waals surface area contributed by atoms with Gasteiger partial charge >= 0.3 is 0 Å². The second kappa shape index (κ2) is 57.1. The maximum absolute atomic E-state index is 10.7. The fourth-order valence-corrected chi connectivity index (χ4v) is 17.5. The lowest BCUT2D eigenvalue weighted by molar-refractivity contribution is -0.00382. The fraction of sp³-hybridized carbons (Fsp3) is 0.626. The zero-order chi connectivity index (χ0) is 83.3. The number of hydrogen-bond donors (Lipinski definition) is 6. The van der Waals surface area contributed by atoms with Gasteiger partial charge < -0.3 is 44.8 Å². The van der Waals surface area contributed by atoms with Crippen molar-refractivity contribution in [1.82, 2.24) is 0 Å². The summed E-state index contributed by atoms with van der Waals surface area (Å²) in [4.78, 5) is 0. The molecule has 644 valence electrons. The minimum Gasteiger partial charge on any atom is -0.494 e. The van der Waals surface area contributed by atoms with Crippen LogP contribution in [0.15, 0.2) is 152 Å². The van der Waals surface area contributed by atoms with Gasteiger partial charge in [-0.15, -0.1) is 0 Å².